The van der Waals surface area contributed by atoms with Crippen LogP contribution >= 0.6 is 0 Å². The van der Waals surface area contributed by atoms with E-state index >= 15 is 0 Å². The van der Waals surface area contributed by atoms with Gasteiger partial charge in [-0.2, -0.15) is 0 Å². The first-order valence-electron chi connectivity index (χ1n) is 13.9. The van der Waals surface area contributed by atoms with Gasteiger partial charge in [0.05, 0.1) is 41.0 Å². The van der Waals surface area contributed by atoms with Crippen LogP contribution in [0.4, 0.5) is 17.1 Å². The first kappa shape index (κ1) is 26.1. The molecule has 1 amide bonds. The topological polar surface area (TPSA) is 144 Å². The monoisotopic (exact) mass is 540 g/mol. The second-order valence-corrected chi connectivity index (χ2v) is 11.2. The van der Waals surface area contributed by atoms with Crippen LogP contribution in [-0.2, 0) is 0 Å². The number of nitrogens with two attached hydrogens (primary N) is 2. The predicted molar refractivity (Wildman–Crippen MR) is 156 cm³/mol. The Balaban J connectivity index is 1.23. The maximum absolute atomic E-state index is 13.5. The van der Waals surface area contributed by atoms with Gasteiger partial charge in [0.1, 0.15) is 0 Å². The Bertz CT molecular complexity index is 1490. The quantitative estimate of drug-likeness (QED) is 0.348. The summed E-state index contributed by atoms with van der Waals surface area (Å²) >= 11 is 0. The van der Waals surface area contributed by atoms with Gasteiger partial charge in [-0.15, -0.1) is 5.10 Å². The minimum absolute atomic E-state index is 0.0413. The van der Waals surface area contributed by atoms with Crippen LogP contribution in [-0.4, -0.2) is 75.0 Å². The van der Waals surface area contributed by atoms with Crippen molar-refractivity contribution in [2.45, 2.75) is 37.8 Å². The number of carbonyl (C=O) groups is 1. The van der Waals surface area contributed by atoms with Crippen molar-refractivity contribution in [2.75, 3.05) is 49.2 Å². The maximum atomic E-state index is 13.5. The Labute approximate surface area is 233 Å². The molecule has 0 saturated carbocycles. The molecule has 3 aromatic heterocycles. The molecule has 40 heavy (non-hydrogen) atoms. The normalized spacial score (nSPS) is 22.5. The van der Waals surface area contributed by atoms with E-state index in [0.717, 1.165) is 49.1 Å². The zero-order valence-electron chi connectivity index (χ0n) is 22.9. The predicted octanol–water partition coefficient (Wildman–Crippen LogP) is 2.89. The number of hydrogen-bond acceptors (Lipinski definition) is 9. The van der Waals surface area contributed by atoms with E-state index in [-0.39, 0.29) is 29.6 Å². The SMILES string of the molecule is C[C@H]1CN(c2ccncc2NC(=O)c2nc3cc(C4CCN(C)CC4)ccc3cc2N)C[C@@H](N)[C@H]1n1ccnn1. The lowest BCUT2D eigenvalue weighted by Crippen LogP contribution is -2.53. The highest BCUT2D eigenvalue weighted by Crippen LogP contribution is 2.34. The molecule has 2 saturated heterocycles. The van der Waals surface area contributed by atoms with Gasteiger partial charge >= 0.3 is 0 Å². The fourth-order valence-corrected chi connectivity index (χ4v) is 6.26. The van der Waals surface area contributed by atoms with Crippen molar-refractivity contribution < 1.29 is 4.79 Å². The van der Waals surface area contributed by atoms with Crippen molar-refractivity contribution in [3.63, 3.8) is 0 Å². The number of likely N-dealkylation sites (tertiary alicyclic amines) is 1. The summed E-state index contributed by atoms with van der Waals surface area (Å²) < 4.78 is 1.84. The van der Waals surface area contributed by atoms with E-state index in [1.54, 1.807) is 18.6 Å². The highest BCUT2D eigenvalue weighted by molar-refractivity contribution is 6.09. The minimum Gasteiger partial charge on any atom is -0.397 e. The molecule has 4 aromatic rings. The largest absolute Gasteiger partial charge is 0.397 e. The molecule has 5 N–H and O–H groups in total. The number of amides is 1. The van der Waals surface area contributed by atoms with E-state index in [4.69, 9.17) is 16.5 Å². The highest BCUT2D eigenvalue weighted by Gasteiger charge is 2.35. The van der Waals surface area contributed by atoms with Crippen molar-refractivity contribution >= 4 is 33.9 Å². The van der Waals surface area contributed by atoms with E-state index in [1.807, 2.05) is 23.0 Å². The number of nitrogens with zero attached hydrogens (tertiary/aromatic N) is 7. The lowest BCUT2D eigenvalue weighted by atomic mass is 9.89. The highest BCUT2D eigenvalue weighted by atomic mass is 16.1. The lowest BCUT2D eigenvalue weighted by Gasteiger charge is -2.42. The smallest absolute Gasteiger partial charge is 0.276 e. The average Bonchev–Trinajstić information content (AvgIpc) is 3.47. The second kappa shape index (κ2) is 10.8. The lowest BCUT2D eigenvalue weighted by molar-refractivity contribution is 0.102. The number of carbonyl (C=O) groups excluding carboxylic acids is 1. The fraction of sp³-hybridized carbons (Fsp3) is 0.414. The molecule has 0 spiro atoms. The number of nitrogen functional groups attached to an aromatic ring is 1. The first-order valence-corrected chi connectivity index (χ1v) is 13.9. The first-order chi connectivity index (χ1) is 19.4. The third-order valence-corrected chi connectivity index (χ3v) is 8.37. The van der Waals surface area contributed by atoms with Crippen molar-refractivity contribution in [1.82, 2.24) is 29.9 Å². The molecule has 5 heterocycles. The Morgan fingerprint density at radius 2 is 1.93 bits per heavy atom. The zero-order chi connectivity index (χ0) is 27.8. The number of hydrogen-bond donors (Lipinski definition) is 3. The van der Waals surface area contributed by atoms with Gasteiger partial charge in [-0.25, -0.2) is 9.67 Å². The van der Waals surface area contributed by atoms with Crippen LogP contribution in [0.25, 0.3) is 10.9 Å². The number of piperidine rings is 2. The summed E-state index contributed by atoms with van der Waals surface area (Å²) in [5.41, 5.74) is 17.0. The molecule has 208 valence electrons. The minimum atomic E-state index is -0.367. The number of fused-ring (bicyclic) bond motifs is 1. The number of rotatable bonds is 5. The fourth-order valence-electron chi connectivity index (χ4n) is 6.26. The van der Waals surface area contributed by atoms with Crippen molar-refractivity contribution in [3.8, 4) is 0 Å². The third kappa shape index (κ3) is 5.09. The number of pyridine rings is 2. The van der Waals surface area contributed by atoms with E-state index in [0.29, 0.717) is 23.8 Å². The van der Waals surface area contributed by atoms with Gasteiger partial charge in [0.2, 0.25) is 0 Å². The Morgan fingerprint density at radius 3 is 2.67 bits per heavy atom. The van der Waals surface area contributed by atoms with Crippen LogP contribution in [0.15, 0.2) is 55.1 Å². The molecule has 0 unspecified atom stereocenters. The number of anilines is 3. The molecule has 1 aromatic carbocycles. The van der Waals surface area contributed by atoms with Crippen LogP contribution in [0.3, 0.4) is 0 Å². The van der Waals surface area contributed by atoms with Crippen LogP contribution in [0.2, 0.25) is 0 Å². The van der Waals surface area contributed by atoms with Gasteiger partial charge in [-0.1, -0.05) is 24.3 Å². The van der Waals surface area contributed by atoms with Gasteiger partial charge in [0, 0.05) is 36.9 Å². The number of benzene rings is 1. The van der Waals surface area contributed by atoms with E-state index in [9.17, 15) is 4.79 Å². The summed E-state index contributed by atoms with van der Waals surface area (Å²) in [6, 6.07) is 9.93. The maximum Gasteiger partial charge on any atom is 0.276 e. The molecule has 0 aliphatic carbocycles. The summed E-state index contributed by atoms with van der Waals surface area (Å²) in [4.78, 5) is 27.1. The second-order valence-electron chi connectivity index (χ2n) is 11.2. The standard InChI is InChI=1S/C29H36N10O/c1-18-16-38(17-23(31)28(18)39-12-9-33-36-39)26-5-8-32-15-25(26)35-29(40)27-22(30)13-21-4-3-20(14-24(21)34-27)19-6-10-37(2)11-7-19/h3-5,8-9,12-15,18-19,23,28H,6-7,10-11,16-17,30-31H2,1-2H3,(H,35,40)/t18-,23+,28-/m0/s1. The van der Waals surface area contributed by atoms with Crippen LogP contribution in [0, 0.1) is 5.92 Å². The molecule has 3 atom stereocenters. The van der Waals surface area contributed by atoms with Crippen molar-refractivity contribution in [2.24, 2.45) is 11.7 Å². The molecule has 2 aliphatic heterocycles. The van der Waals surface area contributed by atoms with Gasteiger partial charge in [0.25, 0.3) is 5.91 Å². The Hall–Kier alpha value is -4.09. The molecule has 11 nitrogen and oxygen atoms in total. The van der Waals surface area contributed by atoms with Crippen molar-refractivity contribution in [1.29, 1.82) is 0 Å². The van der Waals surface area contributed by atoms with Gasteiger partial charge in [0.15, 0.2) is 5.69 Å². The van der Waals surface area contributed by atoms with E-state index < -0.39 is 0 Å². The summed E-state index contributed by atoms with van der Waals surface area (Å²) in [5, 5.41) is 12.1. The van der Waals surface area contributed by atoms with Crippen molar-refractivity contribution in [3.05, 3.63) is 66.4 Å². The molecule has 11 heteroatoms. The van der Waals surface area contributed by atoms with E-state index in [2.05, 4.69) is 62.6 Å². The summed E-state index contributed by atoms with van der Waals surface area (Å²) in [6.45, 7) is 5.65. The van der Waals surface area contributed by atoms with Crippen LogP contribution in [0.5, 0.6) is 0 Å². The molecule has 0 radical (unpaired) electrons. The van der Waals surface area contributed by atoms with Crippen LogP contribution in [0.1, 0.15) is 47.8 Å². The number of nitrogens with one attached hydrogen (secondary N) is 1. The third-order valence-electron chi connectivity index (χ3n) is 8.37. The summed E-state index contributed by atoms with van der Waals surface area (Å²) in [6.07, 6.45) is 9.13. The average molecular weight is 541 g/mol. The van der Waals surface area contributed by atoms with Gasteiger partial charge < -0.3 is 26.6 Å². The number of aromatic nitrogens is 5. The van der Waals surface area contributed by atoms with Crippen LogP contribution < -0.4 is 21.7 Å². The zero-order valence-corrected chi connectivity index (χ0v) is 22.9. The molecule has 2 fully saturated rings. The summed E-state index contributed by atoms with van der Waals surface area (Å²) in [7, 11) is 2.16. The molecular weight excluding hydrogens is 504 g/mol. The Morgan fingerprint density at radius 1 is 1.10 bits per heavy atom. The molecule has 0 bridgehead atoms. The molecular formula is C29H36N10O. The van der Waals surface area contributed by atoms with E-state index in [1.165, 1.54) is 5.56 Å². The Kier molecular flexibility index (Phi) is 7.07. The van der Waals surface area contributed by atoms with Gasteiger partial charge in [-0.05, 0) is 68.6 Å². The molecule has 2 aliphatic rings. The summed E-state index contributed by atoms with van der Waals surface area (Å²) in [5.74, 6) is 0.338. The van der Waals surface area contributed by atoms with Gasteiger partial charge in [-0.3, -0.25) is 9.78 Å². The molecule has 6 rings (SSSR count).